The molecule has 1 aromatic rings. The van der Waals surface area contributed by atoms with Gasteiger partial charge in [0, 0.05) is 15.7 Å². The lowest BCUT2D eigenvalue weighted by Gasteiger charge is -2.29. The molecule has 0 saturated heterocycles. The summed E-state index contributed by atoms with van der Waals surface area (Å²) in [6.07, 6.45) is 3.54. The van der Waals surface area contributed by atoms with Crippen molar-refractivity contribution in [2.75, 3.05) is 5.32 Å². The molecule has 1 aliphatic rings. The third-order valence-corrected chi connectivity index (χ3v) is 4.23. The Bertz CT molecular complexity index is 524. The van der Waals surface area contributed by atoms with Crippen molar-refractivity contribution in [3.8, 4) is 0 Å². The first-order chi connectivity index (χ1) is 9.41. The van der Waals surface area contributed by atoms with Crippen molar-refractivity contribution in [2.45, 2.75) is 31.2 Å². The topological polar surface area (TPSA) is 67.1 Å². The molecule has 0 aromatic heterocycles. The molecule has 1 saturated carbocycles. The fraction of sp³-hybridized carbons (Fsp3) is 0.385. The summed E-state index contributed by atoms with van der Waals surface area (Å²) in [7, 11) is 0. The highest BCUT2D eigenvalue weighted by atomic mass is 35.5. The summed E-state index contributed by atoms with van der Waals surface area (Å²) < 4.78 is 0. The highest BCUT2D eigenvalue weighted by Gasteiger charge is 2.38. The van der Waals surface area contributed by atoms with Gasteiger partial charge in [0.2, 0.25) is 0 Å². The van der Waals surface area contributed by atoms with Crippen molar-refractivity contribution < 1.29 is 4.79 Å². The predicted octanol–water partition coefficient (Wildman–Crippen LogP) is 3.71. The van der Waals surface area contributed by atoms with Crippen LogP contribution < -0.4 is 16.4 Å². The predicted molar refractivity (Wildman–Crippen MR) is 86.6 cm³/mol. The van der Waals surface area contributed by atoms with Crippen molar-refractivity contribution in [3.05, 3.63) is 28.2 Å². The van der Waals surface area contributed by atoms with Gasteiger partial charge in [-0.15, -0.1) is 0 Å². The fourth-order valence-corrected chi connectivity index (χ4v) is 3.20. The molecule has 4 nitrogen and oxygen atoms in total. The van der Waals surface area contributed by atoms with Gasteiger partial charge in [-0.2, -0.15) is 0 Å². The SMILES string of the molecule is NC(=S)C1(NC(=O)Nc2cc(Cl)cc(Cl)c2)CCCC1. The van der Waals surface area contributed by atoms with Crippen molar-refractivity contribution >= 4 is 52.1 Å². The van der Waals surface area contributed by atoms with Gasteiger partial charge in [0.25, 0.3) is 0 Å². The number of nitrogens with two attached hydrogens (primary N) is 1. The van der Waals surface area contributed by atoms with E-state index in [0.717, 1.165) is 25.7 Å². The molecular weight excluding hydrogens is 317 g/mol. The summed E-state index contributed by atoms with van der Waals surface area (Å²) in [6.45, 7) is 0. The molecule has 0 spiro atoms. The minimum atomic E-state index is -0.582. The lowest BCUT2D eigenvalue weighted by molar-refractivity contribution is 0.245. The second kappa shape index (κ2) is 6.16. The number of benzene rings is 1. The van der Waals surface area contributed by atoms with E-state index in [1.54, 1.807) is 18.2 Å². The molecule has 1 aromatic carbocycles. The van der Waals surface area contributed by atoms with Gasteiger partial charge in [-0.05, 0) is 31.0 Å². The molecule has 4 N–H and O–H groups in total. The van der Waals surface area contributed by atoms with Crippen LogP contribution in [-0.2, 0) is 0 Å². The highest BCUT2D eigenvalue weighted by molar-refractivity contribution is 7.80. The number of anilines is 1. The zero-order chi connectivity index (χ0) is 14.8. The molecule has 1 fully saturated rings. The van der Waals surface area contributed by atoms with Gasteiger partial charge < -0.3 is 16.4 Å². The number of hydrogen-bond acceptors (Lipinski definition) is 2. The monoisotopic (exact) mass is 331 g/mol. The number of urea groups is 1. The average molecular weight is 332 g/mol. The van der Waals surface area contributed by atoms with E-state index in [1.807, 2.05) is 0 Å². The summed E-state index contributed by atoms with van der Waals surface area (Å²) in [5.41, 5.74) is 5.71. The van der Waals surface area contributed by atoms with Gasteiger partial charge in [-0.25, -0.2) is 4.79 Å². The van der Waals surface area contributed by atoms with Crippen molar-refractivity contribution in [3.63, 3.8) is 0 Å². The Kier molecular flexibility index (Phi) is 4.73. The van der Waals surface area contributed by atoms with E-state index in [-0.39, 0.29) is 6.03 Å². The smallest absolute Gasteiger partial charge is 0.320 e. The number of halogens is 2. The average Bonchev–Trinajstić information content (AvgIpc) is 2.76. The Morgan fingerprint density at radius 3 is 2.25 bits per heavy atom. The molecule has 1 aliphatic carbocycles. The molecular formula is C13H15Cl2N3OS. The largest absolute Gasteiger partial charge is 0.391 e. The third-order valence-electron chi connectivity index (χ3n) is 3.40. The van der Waals surface area contributed by atoms with Crippen LogP contribution in [0.1, 0.15) is 25.7 Å². The van der Waals surface area contributed by atoms with Crippen LogP contribution in [0.5, 0.6) is 0 Å². The first-order valence-electron chi connectivity index (χ1n) is 6.26. The van der Waals surface area contributed by atoms with E-state index >= 15 is 0 Å². The van der Waals surface area contributed by atoms with Crippen molar-refractivity contribution in [2.24, 2.45) is 5.73 Å². The van der Waals surface area contributed by atoms with Gasteiger partial charge in [0.1, 0.15) is 0 Å². The summed E-state index contributed by atoms with van der Waals surface area (Å²) in [5.74, 6) is 0. The summed E-state index contributed by atoms with van der Waals surface area (Å²) in [4.78, 5) is 12.4. The van der Waals surface area contributed by atoms with Crippen molar-refractivity contribution in [1.29, 1.82) is 0 Å². The van der Waals surface area contributed by atoms with Crippen LogP contribution in [0.25, 0.3) is 0 Å². The van der Waals surface area contributed by atoms with Crippen molar-refractivity contribution in [1.82, 2.24) is 5.32 Å². The van der Waals surface area contributed by atoms with Gasteiger partial charge in [-0.3, -0.25) is 0 Å². The Balaban J connectivity index is 2.06. The zero-order valence-corrected chi connectivity index (χ0v) is 13.0. The number of thiocarbonyl (C=S) groups is 1. The second-order valence-electron chi connectivity index (χ2n) is 4.89. The summed E-state index contributed by atoms with van der Waals surface area (Å²) in [6, 6.07) is 4.47. The lowest BCUT2D eigenvalue weighted by Crippen LogP contribution is -2.55. The van der Waals surface area contributed by atoms with E-state index in [0.29, 0.717) is 20.7 Å². The van der Waals surface area contributed by atoms with Crippen LogP contribution in [0.3, 0.4) is 0 Å². The number of carbonyl (C=O) groups excluding carboxylic acids is 1. The van der Waals surface area contributed by atoms with E-state index in [1.165, 1.54) is 0 Å². The molecule has 2 rings (SSSR count). The maximum Gasteiger partial charge on any atom is 0.320 e. The minimum absolute atomic E-state index is 0.328. The number of nitrogens with one attached hydrogen (secondary N) is 2. The van der Waals surface area contributed by atoms with E-state index in [9.17, 15) is 4.79 Å². The number of rotatable bonds is 3. The fourth-order valence-electron chi connectivity index (χ4n) is 2.42. The molecule has 108 valence electrons. The first kappa shape index (κ1) is 15.4. The number of amides is 2. The Labute approximate surface area is 133 Å². The molecule has 7 heteroatoms. The maximum absolute atomic E-state index is 12.1. The van der Waals surface area contributed by atoms with Crippen LogP contribution >= 0.6 is 35.4 Å². The van der Waals surface area contributed by atoms with Gasteiger partial charge >= 0.3 is 6.03 Å². The van der Waals surface area contributed by atoms with Gasteiger partial charge in [-0.1, -0.05) is 48.3 Å². The van der Waals surface area contributed by atoms with Gasteiger partial charge in [0.15, 0.2) is 0 Å². The van der Waals surface area contributed by atoms with E-state index in [4.69, 9.17) is 41.2 Å². The maximum atomic E-state index is 12.1. The molecule has 2 amide bonds. The summed E-state index contributed by atoms with van der Waals surface area (Å²) in [5, 5.41) is 6.49. The Morgan fingerprint density at radius 1 is 1.20 bits per heavy atom. The van der Waals surface area contributed by atoms with E-state index in [2.05, 4.69) is 10.6 Å². The van der Waals surface area contributed by atoms with Crippen LogP contribution in [0, 0.1) is 0 Å². The van der Waals surface area contributed by atoms with Crippen LogP contribution in [-0.4, -0.2) is 16.6 Å². The lowest BCUT2D eigenvalue weighted by atomic mass is 9.98. The minimum Gasteiger partial charge on any atom is -0.391 e. The van der Waals surface area contributed by atoms with Crippen LogP contribution in [0.2, 0.25) is 10.0 Å². The van der Waals surface area contributed by atoms with Crippen LogP contribution in [0.15, 0.2) is 18.2 Å². The number of hydrogen-bond donors (Lipinski definition) is 3. The molecule has 0 radical (unpaired) electrons. The zero-order valence-electron chi connectivity index (χ0n) is 10.7. The third kappa shape index (κ3) is 3.53. The quantitative estimate of drug-likeness (QED) is 0.739. The molecule has 0 bridgehead atoms. The molecule has 0 atom stereocenters. The Morgan fingerprint density at radius 2 is 1.75 bits per heavy atom. The molecule has 0 unspecified atom stereocenters. The normalized spacial score (nSPS) is 16.7. The van der Waals surface area contributed by atoms with E-state index < -0.39 is 5.54 Å². The molecule has 0 heterocycles. The first-order valence-corrected chi connectivity index (χ1v) is 7.43. The second-order valence-corrected chi connectivity index (χ2v) is 6.20. The standard InChI is InChI=1S/C13H15Cl2N3OS/c14-8-5-9(15)7-10(6-8)17-12(19)18-13(11(16)20)3-1-2-4-13/h5-7H,1-4H2,(H2,16,20)(H2,17,18,19). The Hall–Kier alpha value is -1.04. The summed E-state index contributed by atoms with van der Waals surface area (Å²) >= 11 is 16.9. The molecule has 0 aliphatic heterocycles. The number of carbonyl (C=O) groups is 1. The highest BCUT2D eigenvalue weighted by Crippen LogP contribution is 2.30. The van der Waals surface area contributed by atoms with Crippen LogP contribution in [0.4, 0.5) is 10.5 Å². The molecule has 20 heavy (non-hydrogen) atoms. The van der Waals surface area contributed by atoms with Gasteiger partial charge in [0.05, 0.1) is 10.5 Å².